The Hall–Kier alpha value is -1.81. The Labute approximate surface area is 122 Å². The first-order chi connectivity index (χ1) is 10.1. The number of hydrogen-bond acceptors (Lipinski definition) is 1. The van der Waals surface area contributed by atoms with E-state index >= 15 is 0 Å². The first-order valence-corrected chi connectivity index (χ1v) is 7.03. The van der Waals surface area contributed by atoms with Crippen LogP contribution in [0.3, 0.4) is 0 Å². The van der Waals surface area contributed by atoms with E-state index in [4.69, 9.17) is 0 Å². The van der Waals surface area contributed by atoms with Crippen molar-refractivity contribution in [1.82, 2.24) is 5.32 Å². The van der Waals surface area contributed by atoms with Gasteiger partial charge in [-0.3, -0.25) is 0 Å². The molecule has 1 N–H and O–H groups in total. The van der Waals surface area contributed by atoms with Crippen LogP contribution in [-0.2, 0) is 6.42 Å². The lowest BCUT2D eigenvalue weighted by atomic mass is 9.98. The lowest BCUT2D eigenvalue weighted by Crippen LogP contribution is -2.24. The van der Waals surface area contributed by atoms with Crippen molar-refractivity contribution in [2.45, 2.75) is 25.8 Å². The normalized spacial score (nSPS) is 12.4. The Morgan fingerprint density at radius 1 is 1.00 bits per heavy atom. The van der Waals surface area contributed by atoms with E-state index in [1.807, 2.05) is 37.3 Å². The fourth-order valence-corrected chi connectivity index (χ4v) is 2.25. The van der Waals surface area contributed by atoms with Crippen molar-refractivity contribution >= 4 is 0 Å². The minimum absolute atomic E-state index is 0.253. The molecule has 0 aliphatic rings. The summed E-state index contributed by atoms with van der Waals surface area (Å²) in [6, 6.07) is 11.5. The zero-order valence-corrected chi connectivity index (χ0v) is 11.9. The van der Waals surface area contributed by atoms with E-state index in [1.165, 1.54) is 0 Å². The predicted octanol–water partition coefficient (Wildman–Crippen LogP) is 4.39. The van der Waals surface area contributed by atoms with Crippen molar-refractivity contribution in [2.24, 2.45) is 0 Å². The van der Waals surface area contributed by atoms with Crippen molar-refractivity contribution < 1.29 is 13.2 Å². The maximum atomic E-state index is 13.4. The Balaban J connectivity index is 2.27. The highest BCUT2D eigenvalue weighted by molar-refractivity contribution is 5.26. The van der Waals surface area contributed by atoms with Crippen molar-refractivity contribution in [3.8, 4) is 0 Å². The van der Waals surface area contributed by atoms with Gasteiger partial charge in [-0.05, 0) is 42.6 Å². The molecule has 112 valence electrons. The quantitative estimate of drug-likeness (QED) is 0.779. The number of nitrogens with one attached hydrogen (secondary N) is 1. The second-order valence-corrected chi connectivity index (χ2v) is 4.99. The Morgan fingerprint density at radius 3 is 2.19 bits per heavy atom. The molecule has 0 radical (unpaired) electrons. The van der Waals surface area contributed by atoms with E-state index < -0.39 is 17.5 Å². The van der Waals surface area contributed by atoms with E-state index in [0.717, 1.165) is 30.7 Å². The molecule has 0 saturated heterocycles. The number of benzene rings is 2. The van der Waals surface area contributed by atoms with Crippen LogP contribution in [0.1, 0.15) is 30.5 Å². The first-order valence-electron chi connectivity index (χ1n) is 7.03. The summed E-state index contributed by atoms with van der Waals surface area (Å²) in [6.45, 7) is 2.73. The molecule has 0 saturated carbocycles. The van der Waals surface area contributed by atoms with Gasteiger partial charge in [0.05, 0.1) is 0 Å². The molecule has 0 spiro atoms. The van der Waals surface area contributed by atoms with Crippen molar-refractivity contribution in [1.29, 1.82) is 0 Å². The third-order valence-electron chi connectivity index (χ3n) is 3.33. The van der Waals surface area contributed by atoms with Crippen LogP contribution >= 0.6 is 0 Å². The summed E-state index contributed by atoms with van der Waals surface area (Å²) in [6.07, 6.45) is 1.49. The van der Waals surface area contributed by atoms with Gasteiger partial charge < -0.3 is 5.32 Å². The molecule has 4 heteroatoms. The molecule has 0 amide bonds. The minimum Gasteiger partial charge on any atom is -0.310 e. The standard InChI is InChI=1S/C17H18F3N/c1-2-8-21-16(9-12-6-4-3-5-7-12)13-10-14(18)17(20)15(19)11-13/h3-7,10-11,16,21H,2,8-9H2,1H3. The van der Waals surface area contributed by atoms with Crippen molar-refractivity contribution in [3.05, 3.63) is 71.0 Å². The van der Waals surface area contributed by atoms with Gasteiger partial charge in [0.1, 0.15) is 0 Å². The van der Waals surface area contributed by atoms with Gasteiger partial charge in [-0.25, -0.2) is 13.2 Å². The molecule has 21 heavy (non-hydrogen) atoms. The lowest BCUT2D eigenvalue weighted by molar-refractivity contribution is 0.438. The molecule has 1 unspecified atom stereocenters. The van der Waals surface area contributed by atoms with Crippen molar-refractivity contribution in [3.63, 3.8) is 0 Å². The van der Waals surface area contributed by atoms with E-state index in [-0.39, 0.29) is 6.04 Å². The van der Waals surface area contributed by atoms with Gasteiger partial charge in [0.25, 0.3) is 0 Å². The molecule has 2 rings (SSSR count). The monoisotopic (exact) mass is 293 g/mol. The van der Waals surface area contributed by atoms with E-state index in [2.05, 4.69) is 5.32 Å². The summed E-state index contributed by atoms with van der Waals surface area (Å²) < 4.78 is 39.9. The zero-order chi connectivity index (χ0) is 15.2. The largest absolute Gasteiger partial charge is 0.310 e. The van der Waals surface area contributed by atoms with Gasteiger partial charge >= 0.3 is 0 Å². The maximum Gasteiger partial charge on any atom is 0.194 e. The summed E-state index contributed by atoms with van der Waals surface area (Å²) in [5, 5.41) is 3.25. The maximum absolute atomic E-state index is 13.4. The second-order valence-electron chi connectivity index (χ2n) is 4.99. The first kappa shape index (κ1) is 15.6. The fourth-order valence-electron chi connectivity index (χ4n) is 2.25. The van der Waals surface area contributed by atoms with E-state index in [1.54, 1.807) is 0 Å². The highest BCUT2D eigenvalue weighted by Crippen LogP contribution is 2.22. The van der Waals surface area contributed by atoms with Crippen LogP contribution in [0, 0.1) is 17.5 Å². The molecular formula is C17H18F3N. The average Bonchev–Trinajstić information content (AvgIpc) is 2.49. The molecule has 0 aliphatic heterocycles. The molecule has 0 aromatic heterocycles. The van der Waals surface area contributed by atoms with Gasteiger partial charge in [0, 0.05) is 6.04 Å². The number of halogens is 3. The summed E-state index contributed by atoms with van der Waals surface area (Å²) in [5.41, 5.74) is 1.47. The Kier molecular flexibility index (Phi) is 5.39. The molecule has 0 aliphatic carbocycles. The van der Waals surface area contributed by atoms with Crippen LogP contribution in [0.2, 0.25) is 0 Å². The van der Waals surface area contributed by atoms with Gasteiger partial charge in [-0.15, -0.1) is 0 Å². The lowest BCUT2D eigenvalue weighted by Gasteiger charge is -2.19. The Bertz CT molecular complexity index is 561. The molecule has 0 fully saturated rings. The summed E-state index contributed by atoms with van der Waals surface area (Å²) in [7, 11) is 0. The van der Waals surface area contributed by atoms with Crippen LogP contribution in [0.4, 0.5) is 13.2 Å². The van der Waals surface area contributed by atoms with Gasteiger partial charge in [-0.2, -0.15) is 0 Å². The van der Waals surface area contributed by atoms with E-state index in [9.17, 15) is 13.2 Å². The SMILES string of the molecule is CCCNC(Cc1ccccc1)c1cc(F)c(F)c(F)c1. The molecule has 0 heterocycles. The molecule has 1 nitrogen and oxygen atoms in total. The fraction of sp³-hybridized carbons (Fsp3) is 0.294. The third kappa shape index (κ3) is 4.08. The minimum atomic E-state index is -1.42. The summed E-state index contributed by atoms with van der Waals surface area (Å²) >= 11 is 0. The molecule has 0 bridgehead atoms. The van der Waals surface area contributed by atoms with Crippen LogP contribution in [0.15, 0.2) is 42.5 Å². The van der Waals surface area contributed by atoms with Crippen molar-refractivity contribution in [2.75, 3.05) is 6.54 Å². The smallest absolute Gasteiger partial charge is 0.194 e. The molecule has 2 aromatic rings. The van der Waals surface area contributed by atoms with Gasteiger partial charge in [-0.1, -0.05) is 37.3 Å². The summed E-state index contributed by atoms with van der Waals surface area (Å²) in [5.74, 6) is -3.73. The predicted molar refractivity (Wildman–Crippen MR) is 77.5 cm³/mol. The molecular weight excluding hydrogens is 275 g/mol. The van der Waals surface area contributed by atoms with E-state index in [0.29, 0.717) is 12.0 Å². The molecule has 2 aromatic carbocycles. The zero-order valence-electron chi connectivity index (χ0n) is 11.9. The highest BCUT2D eigenvalue weighted by atomic mass is 19.2. The number of hydrogen-bond donors (Lipinski definition) is 1. The Morgan fingerprint density at radius 2 is 1.62 bits per heavy atom. The summed E-state index contributed by atoms with van der Waals surface area (Å²) in [4.78, 5) is 0. The third-order valence-corrected chi connectivity index (χ3v) is 3.33. The topological polar surface area (TPSA) is 12.0 Å². The van der Waals surface area contributed by atoms with Crippen LogP contribution in [0.5, 0.6) is 0 Å². The average molecular weight is 293 g/mol. The number of rotatable bonds is 6. The van der Waals surface area contributed by atoms with Gasteiger partial charge in [0.2, 0.25) is 0 Å². The second kappa shape index (κ2) is 7.27. The molecule has 1 atom stereocenters. The highest BCUT2D eigenvalue weighted by Gasteiger charge is 2.17. The van der Waals surface area contributed by atoms with Crippen LogP contribution < -0.4 is 5.32 Å². The van der Waals surface area contributed by atoms with Gasteiger partial charge in [0.15, 0.2) is 17.5 Å². The van der Waals surface area contributed by atoms with Crippen LogP contribution in [-0.4, -0.2) is 6.54 Å². The van der Waals surface area contributed by atoms with Crippen LogP contribution in [0.25, 0.3) is 0 Å².